The summed E-state index contributed by atoms with van der Waals surface area (Å²) in [6, 6.07) is 0. The first-order chi connectivity index (χ1) is 5.89. The summed E-state index contributed by atoms with van der Waals surface area (Å²) < 4.78 is 55.2. The Labute approximate surface area is 112 Å². The van der Waals surface area contributed by atoms with Crippen molar-refractivity contribution in [3.63, 3.8) is 0 Å². The summed E-state index contributed by atoms with van der Waals surface area (Å²) in [6.07, 6.45) is 0. The van der Waals surface area contributed by atoms with Crippen molar-refractivity contribution in [3.05, 3.63) is 0 Å². The van der Waals surface area contributed by atoms with Crippen LogP contribution in [0.3, 0.4) is 0 Å². The number of halogens is 2. The molecule has 0 N–H and O–H groups in total. The predicted octanol–water partition coefficient (Wildman–Crippen LogP) is 0.230. The van der Waals surface area contributed by atoms with Crippen LogP contribution >= 0.6 is 23.2 Å². The van der Waals surface area contributed by atoms with Gasteiger partial charge in [0.25, 0.3) is 0 Å². The normalized spacial score (nSPS) is 15.3. The van der Waals surface area contributed by atoms with Crippen molar-refractivity contribution in [3.8, 4) is 0 Å². The molecule has 0 amide bonds. The van der Waals surface area contributed by atoms with E-state index in [0.717, 1.165) is 13.8 Å². The van der Waals surface area contributed by atoms with Gasteiger partial charge in [0.15, 0.2) is 0 Å². The minimum atomic E-state index is -4.23. The first kappa shape index (κ1) is 21.3. The van der Waals surface area contributed by atoms with Crippen molar-refractivity contribution in [1.82, 2.24) is 0 Å². The standard InChI is InChI=1S/2C2H5ClO3S.Zn/c2*1-2(3)7(4,5)6;/h2*2H,1H3,(H,4,5,6);/q;;+2/p-2. The number of hydrogen-bond acceptors (Lipinski definition) is 6. The van der Waals surface area contributed by atoms with E-state index in [-0.39, 0.29) is 19.5 Å². The summed E-state index contributed by atoms with van der Waals surface area (Å²) in [5.74, 6) is 0. The maximum atomic E-state index is 9.64. The summed E-state index contributed by atoms with van der Waals surface area (Å²) in [4.78, 5) is 0. The molecule has 0 radical (unpaired) electrons. The molecule has 0 spiro atoms. The average molecular weight is 353 g/mol. The van der Waals surface area contributed by atoms with Gasteiger partial charge in [0, 0.05) is 0 Å². The first-order valence-corrected chi connectivity index (χ1v) is 6.88. The first-order valence-electron chi connectivity index (χ1n) is 3.06. The van der Waals surface area contributed by atoms with E-state index in [4.69, 9.17) is 23.2 Å². The van der Waals surface area contributed by atoms with Gasteiger partial charge in [-0.1, -0.05) is 0 Å². The van der Waals surface area contributed by atoms with E-state index in [1.165, 1.54) is 0 Å². The van der Waals surface area contributed by atoms with Crippen molar-refractivity contribution in [1.29, 1.82) is 0 Å². The van der Waals surface area contributed by atoms with Gasteiger partial charge in [-0.15, -0.1) is 23.2 Å². The van der Waals surface area contributed by atoms with Crippen molar-refractivity contribution >= 4 is 43.4 Å². The third kappa shape index (κ3) is 15.0. The molecule has 0 aromatic heterocycles. The van der Waals surface area contributed by atoms with Crippen LogP contribution in [-0.2, 0) is 39.7 Å². The largest absolute Gasteiger partial charge is 2.00 e. The van der Waals surface area contributed by atoms with E-state index in [1.807, 2.05) is 0 Å². The smallest absolute Gasteiger partial charge is 0.747 e. The molecule has 2 atom stereocenters. The molecule has 0 heterocycles. The van der Waals surface area contributed by atoms with Crippen molar-refractivity contribution in [2.45, 2.75) is 23.3 Å². The molecule has 88 valence electrons. The predicted molar refractivity (Wildman–Crippen MR) is 50.0 cm³/mol. The molecular weight excluding hydrogens is 344 g/mol. The minimum Gasteiger partial charge on any atom is -0.747 e. The molecule has 0 saturated carbocycles. The van der Waals surface area contributed by atoms with Gasteiger partial charge >= 0.3 is 19.5 Å². The topological polar surface area (TPSA) is 114 Å². The molecule has 0 aromatic rings. The van der Waals surface area contributed by atoms with E-state index in [2.05, 4.69) is 0 Å². The molecule has 0 aliphatic heterocycles. The maximum absolute atomic E-state index is 9.64. The average Bonchev–Trinajstić information content (AvgIpc) is 1.83. The Morgan fingerprint density at radius 3 is 0.933 bits per heavy atom. The summed E-state index contributed by atoms with van der Waals surface area (Å²) in [5.41, 5.74) is 0. The molecule has 6 nitrogen and oxygen atoms in total. The van der Waals surface area contributed by atoms with Gasteiger partial charge in [-0.25, -0.2) is 16.8 Å². The Hall–Kier alpha value is 1.02. The van der Waals surface area contributed by atoms with Crippen LogP contribution in [-0.4, -0.2) is 35.4 Å². The van der Waals surface area contributed by atoms with Gasteiger partial charge in [0.2, 0.25) is 0 Å². The fourth-order valence-corrected chi connectivity index (χ4v) is 0. The SMILES string of the molecule is CC(Cl)S(=O)(=O)[O-].CC(Cl)S(=O)(=O)[O-].[Zn+2]. The second kappa shape index (κ2) is 8.16. The third-order valence-electron chi connectivity index (χ3n) is 0.796. The van der Waals surface area contributed by atoms with Crippen LogP contribution in [0.2, 0.25) is 0 Å². The van der Waals surface area contributed by atoms with Crippen molar-refractivity contribution in [2.24, 2.45) is 0 Å². The number of rotatable bonds is 2. The molecule has 2 unspecified atom stereocenters. The number of hydrogen-bond donors (Lipinski definition) is 0. The second-order valence-electron chi connectivity index (χ2n) is 2.07. The van der Waals surface area contributed by atoms with E-state index < -0.39 is 29.7 Å². The Morgan fingerprint density at radius 2 is 0.933 bits per heavy atom. The molecular formula is C4H8Cl2O6S2Zn. The van der Waals surface area contributed by atoms with Crippen LogP contribution in [0.4, 0.5) is 0 Å². The van der Waals surface area contributed by atoms with Gasteiger partial charge in [-0.3, -0.25) is 0 Å². The number of alkyl halides is 2. The van der Waals surface area contributed by atoms with Gasteiger partial charge < -0.3 is 9.11 Å². The fourth-order valence-electron chi connectivity index (χ4n) is 0. The molecule has 0 aromatic carbocycles. The zero-order valence-corrected chi connectivity index (χ0v) is 14.0. The van der Waals surface area contributed by atoms with Crippen LogP contribution in [0.1, 0.15) is 13.8 Å². The zero-order valence-electron chi connectivity index (χ0n) is 7.88. The maximum Gasteiger partial charge on any atom is 2.00 e. The van der Waals surface area contributed by atoms with Gasteiger partial charge in [0.1, 0.15) is 29.7 Å². The molecule has 0 aliphatic rings. The van der Waals surface area contributed by atoms with Crippen LogP contribution in [0.15, 0.2) is 0 Å². The summed E-state index contributed by atoms with van der Waals surface area (Å²) >= 11 is 9.71. The molecule has 11 heteroatoms. The van der Waals surface area contributed by atoms with Crippen LogP contribution < -0.4 is 0 Å². The van der Waals surface area contributed by atoms with E-state index in [1.54, 1.807) is 0 Å². The van der Waals surface area contributed by atoms with Crippen molar-refractivity contribution in [2.75, 3.05) is 0 Å². The van der Waals surface area contributed by atoms with E-state index >= 15 is 0 Å². The Bertz CT molecular complexity index is 311. The molecule has 15 heavy (non-hydrogen) atoms. The molecule has 0 bridgehead atoms. The summed E-state index contributed by atoms with van der Waals surface area (Å²) in [7, 11) is -8.45. The molecule has 0 saturated heterocycles. The second-order valence-corrected chi connectivity index (χ2v) is 7.28. The van der Waals surface area contributed by atoms with Crippen LogP contribution in [0.25, 0.3) is 0 Å². The van der Waals surface area contributed by atoms with Gasteiger partial charge in [0.05, 0.1) is 0 Å². The van der Waals surface area contributed by atoms with E-state index in [9.17, 15) is 25.9 Å². The third-order valence-corrected chi connectivity index (χ3v) is 3.70. The zero-order chi connectivity index (χ0) is 12.2. The summed E-state index contributed by atoms with van der Waals surface area (Å²) in [5, 5.41) is 0. The molecule has 0 fully saturated rings. The van der Waals surface area contributed by atoms with Crippen LogP contribution in [0.5, 0.6) is 0 Å². The Morgan fingerprint density at radius 1 is 0.867 bits per heavy atom. The Kier molecular flexibility index (Phi) is 11.6. The van der Waals surface area contributed by atoms with Crippen LogP contribution in [0, 0.1) is 0 Å². The Balaban J connectivity index is -0.000000180. The van der Waals surface area contributed by atoms with Gasteiger partial charge in [-0.05, 0) is 13.8 Å². The monoisotopic (exact) mass is 350 g/mol. The molecule has 0 rings (SSSR count). The van der Waals surface area contributed by atoms with E-state index in [0.29, 0.717) is 0 Å². The fraction of sp³-hybridized carbons (Fsp3) is 1.00. The molecule has 0 aliphatic carbocycles. The minimum absolute atomic E-state index is 0. The summed E-state index contributed by atoms with van der Waals surface area (Å²) in [6.45, 7) is 2.23. The quantitative estimate of drug-likeness (QED) is 0.399. The van der Waals surface area contributed by atoms with Gasteiger partial charge in [-0.2, -0.15) is 0 Å². The van der Waals surface area contributed by atoms with Crippen molar-refractivity contribution < 1.29 is 45.4 Å².